The molecule has 0 amide bonds. The van der Waals surface area contributed by atoms with Crippen LogP contribution in [0.25, 0.3) is 0 Å². The molecule has 0 nitrogen and oxygen atoms in total. The van der Waals surface area contributed by atoms with Crippen molar-refractivity contribution in [2.24, 2.45) is 22.7 Å². The standard InChI is InChI=1S/C12H25/c1-9(11(3,4)5)10(2)12(6,7)8/h9-10H,3H2,1-2,4-8H3. The average molecular weight is 169 g/mol. The van der Waals surface area contributed by atoms with Gasteiger partial charge in [-0.3, -0.25) is 0 Å². The maximum atomic E-state index is 4.20. The highest BCUT2D eigenvalue weighted by atomic mass is 14.4. The molecular weight excluding hydrogens is 144 g/mol. The maximum Gasteiger partial charge on any atom is -0.0326 e. The van der Waals surface area contributed by atoms with Crippen LogP contribution in [0.15, 0.2) is 0 Å². The lowest BCUT2D eigenvalue weighted by molar-refractivity contribution is 0.115. The molecule has 0 heteroatoms. The van der Waals surface area contributed by atoms with E-state index >= 15 is 0 Å². The fourth-order valence-electron chi connectivity index (χ4n) is 1.43. The van der Waals surface area contributed by atoms with Crippen LogP contribution in [0.4, 0.5) is 0 Å². The van der Waals surface area contributed by atoms with Gasteiger partial charge >= 0.3 is 0 Å². The van der Waals surface area contributed by atoms with Gasteiger partial charge in [0.05, 0.1) is 0 Å². The Kier molecular flexibility index (Phi) is 3.40. The van der Waals surface area contributed by atoms with E-state index in [1.54, 1.807) is 0 Å². The van der Waals surface area contributed by atoms with E-state index in [9.17, 15) is 0 Å². The van der Waals surface area contributed by atoms with Gasteiger partial charge in [-0.05, 0) is 29.6 Å². The van der Waals surface area contributed by atoms with Crippen LogP contribution >= 0.6 is 0 Å². The Morgan fingerprint density at radius 1 is 0.833 bits per heavy atom. The van der Waals surface area contributed by atoms with Crippen molar-refractivity contribution in [3.05, 3.63) is 6.92 Å². The molecule has 2 atom stereocenters. The first-order valence-electron chi connectivity index (χ1n) is 4.92. The second-order valence-corrected chi connectivity index (χ2v) is 5.93. The Morgan fingerprint density at radius 3 is 1.25 bits per heavy atom. The first kappa shape index (κ1) is 12.0. The fraction of sp³-hybridized carbons (Fsp3) is 0.917. The molecule has 1 radical (unpaired) electrons. The predicted octanol–water partition coefficient (Wildman–Crippen LogP) is 4.16. The molecule has 2 unspecified atom stereocenters. The SMILES string of the molecule is [CH2]C(C)(C)C(C)C(C)C(C)(C)C. The third-order valence-corrected chi connectivity index (χ3v) is 3.35. The van der Waals surface area contributed by atoms with E-state index in [0.29, 0.717) is 17.3 Å². The summed E-state index contributed by atoms with van der Waals surface area (Å²) in [7, 11) is 0. The first-order chi connectivity index (χ1) is 5.07. The molecule has 0 spiro atoms. The number of rotatable bonds is 2. The summed E-state index contributed by atoms with van der Waals surface area (Å²) >= 11 is 0. The summed E-state index contributed by atoms with van der Waals surface area (Å²) in [5.41, 5.74) is 0.584. The Bertz CT molecular complexity index is 113. The summed E-state index contributed by atoms with van der Waals surface area (Å²) in [6.07, 6.45) is 0. The lowest BCUT2D eigenvalue weighted by Crippen LogP contribution is -2.32. The van der Waals surface area contributed by atoms with Gasteiger partial charge in [-0.2, -0.15) is 0 Å². The van der Waals surface area contributed by atoms with E-state index < -0.39 is 0 Å². The van der Waals surface area contributed by atoms with Gasteiger partial charge in [0.1, 0.15) is 0 Å². The van der Waals surface area contributed by atoms with Gasteiger partial charge in [-0.25, -0.2) is 0 Å². The highest BCUT2D eigenvalue weighted by Crippen LogP contribution is 2.40. The van der Waals surface area contributed by atoms with Crippen molar-refractivity contribution in [2.45, 2.75) is 48.5 Å². The van der Waals surface area contributed by atoms with Crippen LogP contribution in [0.3, 0.4) is 0 Å². The zero-order chi connectivity index (χ0) is 10.2. The molecule has 0 aliphatic carbocycles. The van der Waals surface area contributed by atoms with Crippen LogP contribution in [-0.4, -0.2) is 0 Å². The summed E-state index contributed by atoms with van der Waals surface area (Å²) in [6, 6.07) is 0. The quantitative estimate of drug-likeness (QED) is 0.582. The van der Waals surface area contributed by atoms with Crippen LogP contribution in [0, 0.1) is 29.6 Å². The molecule has 12 heavy (non-hydrogen) atoms. The summed E-state index contributed by atoms with van der Waals surface area (Å²) in [4.78, 5) is 0. The van der Waals surface area contributed by atoms with Crippen molar-refractivity contribution in [3.8, 4) is 0 Å². The molecule has 73 valence electrons. The summed E-state index contributed by atoms with van der Waals surface area (Å²) < 4.78 is 0. The smallest absolute Gasteiger partial charge is 0.0326 e. The third kappa shape index (κ3) is 3.16. The van der Waals surface area contributed by atoms with Crippen molar-refractivity contribution in [2.75, 3.05) is 0 Å². The summed E-state index contributed by atoms with van der Waals surface area (Å²) in [5.74, 6) is 1.38. The van der Waals surface area contributed by atoms with Crippen LogP contribution in [0.2, 0.25) is 0 Å². The minimum absolute atomic E-state index is 0.187. The molecule has 0 aliphatic rings. The van der Waals surface area contributed by atoms with Gasteiger partial charge in [0.15, 0.2) is 0 Å². The zero-order valence-corrected chi connectivity index (χ0v) is 9.86. The highest BCUT2D eigenvalue weighted by molar-refractivity contribution is 4.85. The third-order valence-electron chi connectivity index (χ3n) is 3.35. The lowest BCUT2D eigenvalue weighted by atomic mass is 9.66. The molecule has 0 N–H and O–H groups in total. The van der Waals surface area contributed by atoms with E-state index in [2.05, 4.69) is 55.4 Å². The summed E-state index contributed by atoms with van der Waals surface area (Å²) in [5, 5.41) is 0. The normalized spacial score (nSPS) is 19.0. The number of hydrogen-bond acceptors (Lipinski definition) is 0. The van der Waals surface area contributed by atoms with Crippen LogP contribution in [0.5, 0.6) is 0 Å². The lowest BCUT2D eigenvalue weighted by Gasteiger charge is -2.39. The van der Waals surface area contributed by atoms with Crippen molar-refractivity contribution >= 4 is 0 Å². The van der Waals surface area contributed by atoms with Crippen LogP contribution in [-0.2, 0) is 0 Å². The van der Waals surface area contributed by atoms with Gasteiger partial charge in [0.25, 0.3) is 0 Å². The Balaban J connectivity index is 4.41. The molecule has 0 saturated carbocycles. The Morgan fingerprint density at radius 2 is 1.17 bits per heavy atom. The molecule has 0 heterocycles. The molecule has 0 bridgehead atoms. The molecule has 0 aliphatic heterocycles. The van der Waals surface area contributed by atoms with E-state index in [-0.39, 0.29) is 5.41 Å². The zero-order valence-electron chi connectivity index (χ0n) is 9.86. The molecule has 0 fully saturated rings. The Hall–Kier alpha value is 0. The molecular formula is C12H25. The van der Waals surface area contributed by atoms with Gasteiger partial charge in [0.2, 0.25) is 0 Å². The van der Waals surface area contributed by atoms with Crippen molar-refractivity contribution < 1.29 is 0 Å². The van der Waals surface area contributed by atoms with Crippen molar-refractivity contribution in [3.63, 3.8) is 0 Å². The predicted molar refractivity (Wildman–Crippen MR) is 56.9 cm³/mol. The minimum atomic E-state index is 0.187. The second-order valence-electron chi connectivity index (χ2n) is 5.93. The highest BCUT2D eigenvalue weighted by Gasteiger charge is 2.32. The molecule has 0 aromatic carbocycles. The van der Waals surface area contributed by atoms with E-state index in [1.807, 2.05) is 0 Å². The van der Waals surface area contributed by atoms with Gasteiger partial charge in [-0.15, -0.1) is 0 Å². The maximum absolute atomic E-state index is 4.20. The van der Waals surface area contributed by atoms with E-state index in [0.717, 1.165) is 0 Å². The molecule has 0 aromatic heterocycles. The number of hydrogen-bond donors (Lipinski definition) is 0. The van der Waals surface area contributed by atoms with E-state index in [1.165, 1.54) is 0 Å². The van der Waals surface area contributed by atoms with Crippen LogP contribution < -0.4 is 0 Å². The summed E-state index contributed by atoms with van der Waals surface area (Å²) in [6.45, 7) is 20.2. The molecule has 0 saturated heterocycles. The van der Waals surface area contributed by atoms with Crippen molar-refractivity contribution in [1.82, 2.24) is 0 Å². The molecule has 0 rings (SSSR count). The minimum Gasteiger partial charge on any atom is -0.0617 e. The monoisotopic (exact) mass is 169 g/mol. The average Bonchev–Trinajstić information content (AvgIpc) is 1.80. The fourth-order valence-corrected chi connectivity index (χ4v) is 1.43. The van der Waals surface area contributed by atoms with Gasteiger partial charge in [0, 0.05) is 0 Å². The van der Waals surface area contributed by atoms with Gasteiger partial charge in [-0.1, -0.05) is 48.5 Å². The largest absolute Gasteiger partial charge is 0.0617 e. The topological polar surface area (TPSA) is 0 Å². The van der Waals surface area contributed by atoms with E-state index in [4.69, 9.17) is 0 Å². The van der Waals surface area contributed by atoms with Gasteiger partial charge < -0.3 is 0 Å². The Labute approximate surface area is 78.8 Å². The van der Waals surface area contributed by atoms with Crippen molar-refractivity contribution in [1.29, 1.82) is 0 Å². The second kappa shape index (κ2) is 3.40. The molecule has 0 aromatic rings. The first-order valence-corrected chi connectivity index (χ1v) is 4.92. The van der Waals surface area contributed by atoms with Crippen LogP contribution in [0.1, 0.15) is 48.5 Å².